The van der Waals surface area contributed by atoms with Crippen LogP contribution in [0.25, 0.3) is 0 Å². The van der Waals surface area contributed by atoms with Crippen LogP contribution in [0.2, 0.25) is 0 Å². The molecule has 0 aromatic heterocycles. The minimum Gasteiger partial charge on any atom is -0.370 e. The Bertz CT molecular complexity index is 466. The van der Waals surface area contributed by atoms with Gasteiger partial charge < -0.3 is 16.8 Å². The Morgan fingerprint density at radius 1 is 1.26 bits per heavy atom. The van der Waals surface area contributed by atoms with Gasteiger partial charge in [-0.05, 0) is 26.3 Å². The van der Waals surface area contributed by atoms with Crippen LogP contribution in [0.5, 0.6) is 0 Å². The molecule has 0 saturated heterocycles. The highest BCUT2D eigenvalue weighted by Crippen LogP contribution is 2.14. The summed E-state index contributed by atoms with van der Waals surface area (Å²) in [5, 5.41) is 2.74. The van der Waals surface area contributed by atoms with Crippen molar-refractivity contribution in [3.05, 3.63) is 35.4 Å². The Morgan fingerprint density at radius 3 is 2.26 bits per heavy atom. The third-order valence-electron chi connectivity index (χ3n) is 2.80. The zero-order valence-corrected chi connectivity index (χ0v) is 11.6. The minimum atomic E-state index is -0.757. The maximum Gasteiger partial charge on any atom is 0.241 e. The van der Waals surface area contributed by atoms with E-state index in [0.717, 1.165) is 11.1 Å². The summed E-state index contributed by atoms with van der Waals surface area (Å²) in [5.41, 5.74) is 12.2. The van der Waals surface area contributed by atoms with E-state index in [4.69, 9.17) is 11.5 Å². The molecule has 1 atom stereocenters. The summed E-state index contributed by atoms with van der Waals surface area (Å²) in [4.78, 5) is 23.0. The highest BCUT2D eigenvalue weighted by atomic mass is 16.2. The van der Waals surface area contributed by atoms with Gasteiger partial charge in [-0.25, -0.2) is 0 Å². The summed E-state index contributed by atoms with van der Waals surface area (Å²) in [5.74, 6) is -0.788. The van der Waals surface area contributed by atoms with E-state index in [9.17, 15) is 9.59 Å². The zero-order valence-electron chi connectivity index (χ0n) is 11.6. The molecule has 0 heterocycles. The Kier molecular flexibility index (Phi) is 4.67. The standard InChI is InChI=1S/C14H21N3O2/c1-9-4-6-10(7-5-9)12(16)13(19)17-14(2,3)8-11(15)18/h4-7,12H,8,16H2,1-3H3,(H2,15,18)(H,17,19). The SMILES string of the molecule is Cc1ccc(C(N)C(=O)NC(C)(C)CC(N)=O)cc1. The van der Waals surface area contributed by atoms with Crippen molar-refractivity contribution in [2.45, 2.75) is 38.8 Å². The topological polar surface area (TPSA) is 98.2 Å². The van der Waals surface area contributed by atoms with Crippen LogP contribution >= 0.6 is 0 Å². The largest absolute Gasteiger partial charge is 0.370 e. The van der Waals surface area contributed by atoms with Crippen LogP contribution in [-0.2, 0) is 9.59 Å². The van der Waals surface area contributed by atoms with E-state index in [2.05, 4.69) is 5.32 Å². The van der Waals surface area contributed by atoms with E-state index in [-0.39, 0.29) is 12.3 Å². The third kappa shape index (κ3) is 4.71. The Morgan fingerprint density at radius 2 is 1.79 bits per heavy atom. The molecule has 0 bridgehead atoms. The monoisotopic (exact) mass is 263 g/mol. The van der Waals surface area contributed by atoms with Gasteiger partial charge in [0, 0.05) is 12.0 Å². The fourth-order valence-electron chi connectivity index (χ4n) is 1.82. The second-order valence-electron chi connectivity index (χ2n) is 5.40. The average molecular weight is 263 g/mol. The minimum absolute atomic E-state index is 0.0688. The summed E-state index contributed by atoms with van der Waals surface area (Å²) in [6, 6.07) is 6.68. The Labute approximate surface area is 113 Å². The van der Waals surface area contributed by atoms with Crippen molar-refractivity contribution in [3.8, 4) is 0 Å². The number of carbonyl (C=O) groups excluding carboxylic acids is 2. The van der Waals surface area contributed by atoms with Crippen molar-refractivity contribution in [3.63, 3.8) is 0 Å². The van der Waals surface area contributed by atoms with Gasteiger partial charge >= 0.3 is 0 Å². The van der Waals surface area contributed by atoms with E-state index >= 15 is 0 Å². The molecule has 1 aromatic carbocycles. The van der Waals surface area contributed by atoms with Crippen molar-refractivity contribution in [2.75, 3.05) is 0 Å². The second-order valence-corrected chi connectivity index (χ2v) is 5.40. The van der Waals surface area contributed by atoms with Crippen LogP contribution in [0.4, 0.5) is 0 Å². The second kappa shape index (κ2) is 5.84. The number of hydrogen-bond donors (Lipinski definition) is 3. The molecule has 1 unspecified atom stereocenters. The normalized spacial score (nSPS) is 12.8. The number of benzene rings is 1. The lowest BCUT2D eigenvalue weighted by molar-refractivity contribution is -0.125. The molecule has 5 nitrogen and oxygen atoms in total. The number of carbonyl (C=O) groups is 2. The van der Waals surface area contributed by atoms with Gasteiger partial charge in [-0.1, -0.05) is 29.8 Å². The smallest absolute Gasteiger partial charge is 0.241 e. The number of rotatable bonds is 5. The van der Waals surface area contributed by atoms with Gasteiger partial charge in [0.05, 0.1) is 0 Å². The highest BCUT2D eigenvalue weighted by Gasteiger charge is 2.26. The lowest BCUT2D eigenvalue weighted by Crippen LogP contribution is -2.49. The van der Waals surface area contributed by atoms with Crippen molar-refractivity contribution in [2.24, 2.45) is 11.5 Å². The number of nitrogens with two attached hydrogens (primary N) is 2. The van der Waals surface area contributed by atoms with Crippen molar-refractivity contribution in [1.29, 1.82) is 0 Å². The van der Waals surface area contributed by atoms with E-state index in [0.29, 0.717) is 0 Å². The van der Waals surface area contributed by atoms with E-state index in [1.54, 1.807) is 13.8 Å². The Balaban J connectivity index is 2.72. The maximum absolute atomic E-state index is 12.0. The van der Waals surface area contributed by atoms with Crippen molar-refractivity contribution < 1.29 is 9.59 Å². The van der Waals surface area contributed by atoms with Crippen LogP contribution in [0, 0.1) is 6.92 Å². The van der Waals surface area contributed by atoms with E-state index in [1.807, 2.05) is 31.2 Å². The molecular weight excluding hydrogens is 242 g/mol. The number of amides is 2. The van der Waals surface area contributed by atoms with Crippen LogP contribution in [0.1, 0.15) is 37.4 Å². The quantitative estimate of drug-likeness (QED) is 0.731. The molecule has 2 amide bonds. The van der Waals surface area contributed by atoms with Gasteiger partial charge in [-0.3, -0.25) is 9.59 Å². The Hall–Kier alpha value is -1.88. The predicted molar refractivity (Wildman–Crippen MR) is 74.1 cm³/mol. The number of aryl methyl sites for hydroxylation is 1. The lowest BCUT2D eigenvalue weighted by atomic mass is 9.98. The molecule has 1 aromatic rings. The fraction of sp³-hybridized carbons (Fsp3) is 0.429. The molecule has 19 heavy (non-hydrogen) atoms. The summed E-state index contributed by atoms with van der Waals surface area (Å²) in [6.07, 6.45) is 0.0688. The molecule has 0 spiro atoms. The lowest BCUT2D eigenvalue weighted by Gasteiger charge is -2.26. The average Bonchev–Trinajstić information content (AvgIpc) is 2.26. The summed E-state index contributed by atoms with van der Waals surface area (Å²) < 4.78 is 0. The summed E-state index contributed by atoms with van der Waals surface area (Å²) in [6.45, 7) is 5.43. The number of nitrogens with one attached hydrogen (secondary N) is 1. The molecule has 0 radical (unpaired) electrons. The maximum atomic E-state index is 12.0. The molecule has 0 saturated carbocycles. The van der Waals surface area contributed by atoms with Gasteiger partial charge in [-0.2, -0.15) is 0 Å². The molecule has 0 fully saturated rings. The van der Waals surface area contributed by atoms with Gasteiger partial charge in [0.15, 0.2) is 0 Å². The first-order valence-corrected chi connectivity index (χ1v) is 6.14. The van der Waals surface area contributed by atoms with Crippen LogP contribution in [0.15, 0.2) is 24.3 Å². The van der Waals surface area contributed by atoms with Crippen LogP contribution < -0.4 is 16.8 Å². The molecule has 104 valence electrons. The molecule has 0 aliphatic rings. The first-order valence-electron chi connectivity index (χ1n) is 6.14. The summed E-state index contributed by atoms with van der Waals surface area (Å²) >= 11 is 0. The molecule has 5 N–H and O–H groups in total. The molecule has 1 rings (SSSR count). The fourth-order valence-corrected chi connectivity index (χ4v) is 1.82. The van der Waals surface area contributed by atoms with Crippen LogP contribution in [-0.4, -0.2) is 17.4 Å². The van der Waals surface area contributed by atoms with E-state index in [1.165, 1.54) is 0 Å². The molecule has 0 aliphatic heterocycles. The van der Waals surface area contributed by atoms with Gasteiger partial charge in [0.2, 0.25) is 11.8 Å². The molecule has 5 heteroatoms. The van der Waals surface area contributed by atoms with Gasteiger partial charge in [-0.15, -0.1) is 0 Å². The van der Waals surface area contributed by atoms with Crippen LogP contribution in [0.3, 0.4) is 0 Å². The molecular formula is C14H21N3O2. The highest BCUT2D eigenvalue weighted by molar-refractivity contribution is 5.84. The predicted octanol–water partition coefficient (Wildman–Crippen LogP) is 0.765. The van der Waals surface area contributed by atoms with Crippen molar-refractivity contribution in [1.82, 2.24) is 5.32 Å². The number of primary amides is 1. The van der Waals surface area contributed by atoms with Gasteiger partial charge in [0.1, 0.15) is 6.04 Å². The first kappa shape index (κ1) is 15.2. The number of hydrogen-bond acceptors (Lipinski definition) is 3. The first-order chi connectivity index (χ1) is 8.71. The van der Waals surface area contributed by atoms with Crippen molar-refractivity contribution >= 4 is 11.8 Å². The third-order valence-corrected chi connectivity index (χ3v) is 2.80. The summed E-state index contributed by atoms with van der Waals surface area (Å²) in [7, 11) is 0. The molecule has 0 aliphatic carbocycles. The van der Waals surface area contributed by atoms with Gasteiger partial charge in [0.25, 0.3) is 0 Å². The zero-order chi connectivity index (χ0) is 14.6. The van der Waals surface area contributed by atoms with E-state index < -0.39 is 17.5 Å².